The zero-order valence-electron chi connectivity index (χ0n) is 12.2. The first kappa shape index (κ1) is 15.6. The summed E-state index contributed by atoms with van der Waals surface area (Å²) >= 11 is 3.51. The van der Waals surface area contributed by atoms with E-state index in [1.54, 1.807) is 13.2 Å². The van der Waals surface area contributed by atoms with Gasteiger partial charge in [-0.15, -0.1) is 0 Å². The molecular formula is C15H23BrN2O2. The second-order valence-corrected chi connectivity index (χ2v) is 6.05. The standard InChI is InChI=1S/C15H23BrN2O2/c1-3-4-13(18-7-5-17-6-8-18)12-9-11(16)10-14(20-2)15(12)19/h9-10,13,17,19H,3-8H2,1-2H3/t13-/m0/s1. The maximum atomic E-state index is 10.5. The van der Waals surface area contributed by atoms with Gasteiger partial charge in [-0.05, 0) is 18.6 Å². The summed E-state index contributed by atoms with van der Waals surface area (Å²) in [7, 11) is 1.59. The van der Waals surface area contributed by atoms with Crippen LogP contribution < -0.4 is 10.1 Å². The number of methoxy groups -OCH3 is 1. The number of nitrogens with one attached hydrogen (secondary N) is 1. The van der Waals surface area contributed by atoms with E-state index in [-0.39, 0.29) is 11.8 Å². The van der Waals surface area contributed by atoms with Crippen LogP contribution >= 0.6 is 15.9 Å². The molecule has 0 spiro atoms. The minimum absolute atomic E-state index is 0.244. The van der Waals surface area contributed by atoms with E-state index in [0.29, 0.717) is 5.75 Å². The number of benzene rings is 1. The van der Waals surface area contributed by atoms with Crippen LogP contribution in [0.5, 0.6) is 11.5 Å². The number of phenolic OH excluding ortho intramolecular Hbond substituents is 1. The molecule has 1 atom stereocenters. The van der Waals surface area contributed by atoms with Gasteiger partial charge < -0.3 is 15.2 Å². The maximum absolute atomic E-state index is 10.5. The average molecular weight is 343 g/mol. The predicted octanol–water partition coefficient (Wildman–Crippen LogP) is 2.91. The number of ether oxygens (including phenoxy) is 1. The molecule has 0 aromatic heterocycles. The third kappa shape index (κ3) is 3.45. The molecule has 20 heavy (non-hydrogen) atoms. The SMILES string of the molecule is CCC[C@@H](c1cc(Br)cc(OC)c1O)N1CCNCC1. The van der Waals surface area contributed by atoms with Crippen LogP contribution in [0, 0.1) is 0 Å². The second-order valence-electron chi connectivity index (χ2n) is 5.14. The first-order valence-electron chi connectivity index (χ1n) is 7.18. The molecule has 0 saturated carbocycles. The van der Waals surface area contributed by atoms with Crippen molar-refractivity contribution in [2.24, 2.45) is 0 Å². The van der Waals surface area contributed by atoms with Crippen molar-refractivity contribution in [2.45, 2.75) is 25.8 Å². The van der Waals surface area contributed by atoms with Gasteiger partial charge in [0.1, 0.15) is 0 Å². The van der Waals surface area contributed by atoms with Gasteiger partial charge in [-0.25, -0.2) is 0 Å². The first-order valence-corrected chi connectivity index (χ1v) is 7.97. The van der Waals surface area contributed by atoms with Crippen LogP contribution in [-0.4, -0.2) is 43.3 Å². The quantitative estimate of drug-likeness (QED) is 0.863. The molecule has 0 unspecified atom stereocenters. The Morgan fingerprint density at radius 1 is 1.40 bits per heavy atom. The molecule has 1 aromatic carbocycles. The number of hydrogen-bond acceptors (Lipinski definition) is 4. The summed E-state index contributed by atoms with van der Waals surface area (Å²) in [6.45, 7) is 6.22. The average Bonchev–Trinajstić information content (AvgIpc) is 2.48. The van der Waals surface area contributed by atoms with Gasteiger partial charge in [0.2, 0.25) is 0 Å². The van der Waals surface area contributed by atoms with E-state index < -0.39 is 0 Å². The van der Waals surface area contributed by atoms with Crippen LogP contribution in [0.1, 0.15) is 31.4 Å². The van der Waals surface area contributed by atoms with E-state index >= 15 is 0 Å². The van der Waals surface area contributed by atoms with E-state index in [1.807, 2.05) is 6.07 Å². The number of hydrogen-bond donors (Lipinski definition) is 2. The molecule has 1 fully saturated rings. The van der Waals surface area contributed by atoms with E-state index in [1.165, 1.54) is 0 Å². The lowest BCUT2D eigenvalue weighted by Crippen LogP contribution is -2.45. The number of aromatic hydroxyl groups is 1. The lowest BCUT2D eigenvalue weighted by molar-refractivity contribution is 0.161. The molecule has 1 aliphatic rings. The number of nitrogens with zero attached hydrogens (tertiary/aromatic N) is 1. The Bertz CT molecular complexity index is 448. The lowest BCUT2D eigenvalue weighted by atomic mass is 9.98. The molecule has 1 saturated heterocycles. The second kappa shape index (κ2) is 7.29. The smallest absolute Gasteiger partial charge is 0.162 e. The van der Waals surface area contributed by atoms with Crippen molar-refractivity contribution in [3.8, 4) is 11.5 Å². The molecule has 0 radical (unpaired) electrons. The van der Waals surface area contributed by atoms with E-state index in [9.17, 15) is 5.11 Å². The molecule has 1 heterocycles. The van der Waals surface area contributed by atoms with Crippen molar-refractivity contribution in [1.82, 2.24) is 10.2 Å². The first-order chi connectivity index (χ1) is 9.67. The molecule has 5 heteroatoms. The van der Waals surface area contributed by atoms with Crippen molar-refractivity contribution in [3.63, 3.8) is 0 Å². The van der Waals surface area contributed by atoms with Crippen molar-refractivity contribution in [3.05, 3.63) is 22.2 Å². The summed E-state index contributed by atoms with van der Waals surface area (Å²) in [5, 5.41) is 13.8. The lowest BCUT2D eigenvalue weighted by Gasteiger charge is -2.35. The summed E-state index contributed by atoms with van der Waals surface area (Å²) in [6, 6.07) is 4.06. The van der Waals surface area contributed by atoms with Gasteiger partial charge in [-0.1, -0.05) is 29.3 Å². The normalized spacial score (nSPS) is 17.9. The highest BCUT2D eigenvalue weighted by molar-refractivity contribution is 9.10. The van der Waals surface area contributed by atoms with Gasteiger partial charge in [-0.3, -0.25) is 4.90 Å². The number of halogens is 1. The predicted molar refractivity (Wildman–Crippen MR) is 84.5 cm³/mol. The largest absolute Gasteiger partial charge is 0.504 e. The molecule has 0 amide bonds. The molecule has 4 nitrogen and oxygen atoms in total. The Hall–Kier alpha value is -0.780. The Balaban J connectivity index is 2.35. The minimum atomic E-state index is 0.244. The topological polar surface area (TPSA) is 44.7 Å². The highest BCUT2D eigenvalue weighted by Crippen LogP contribution is 2.40. The Labute approximate surface area is 129 Å². The monoisotopic (exact) mass is 342 g/mol. The van der Waals surface area contributed by atoms with Gasteiger partial charge in [0.05, 0.1) is 7.11 Å². The molecule has 1 aromatic rings. The highest BCUT2D eigenvalue weighted by atomic mass is 79.9. The summed E-state index contributed by atoms with van der Waals surface area (Å²) < 4.78 is 6.21. The van der Waals surface area contributed by atoms with Gasteiger partial charge in [0.15, 0.2) is 11.5 Å². The van der Waals surface area contributed by atoms with E-state index in [0.717, 1.165) is 49.1 Å². The third-order valence-electron chi connectivity index (χ3n) is 3.80. The minimum Gasteiger partial charge on any atom is -0.504 e. The summed E-state index contributed by atoms with van der Waals surface area (Å²) in [5.74, 6) is 0.804. The fraction of sp³-hybridized carbons (Fsp3) is 0.600. The molecule has 112 valence electrons. The zero-order valence-corrected chi connectivity index (χ0v) is 13.7. The summed E-state index contributed by atoms with van der Waals surface area (Å²) in [6.07, 6.45) is 2.12. The van der Waals surface area contributed by atoms with Gasteiger partial charge >= 0.3 is 0 Å². The number of piperazine rings is 1. The van der Waals surface area contributed by atoms with Gasteiger partial charge in [-0.2, -0.15) is 0 Å². The fourth-order valence-corrected chi connectivity index (χ4v) is 3.26. The highest BCUT2D eigenvalue weighted by Gasteiger charge is 2.25. The Kier molecular flexibility index (Phi) is 5.69. The number of rotatable bonds is 5. The Morgan fingerprint density at radius 3 is 2.70 bits per heavy atom. The van der Waals surface area contributed by atoms with Crippen molar-refractivity contribution >= 4 is 15.9 Å². The van der Waals surface area contributed by atoms with Crippen LogP contribution in [0.25, 0.3) is 0 Å². The van der Waals surface area contributed by atoms with Crippen LogP contribution in [0.15, 0.2) is 16.6 Å². The zero-order chi connectivity index (χ0) is 14.5. The molecule has 0 aliphatic carbocycles. The van der Waals surface area contributed by atoms with E-state index in [4.69, 9.17) is 4.74 Å². The van der Waals surface area contributed by atoms with Gasteiger partial charge in [0.25, 0.3) is 0 Å². The van der Waals surface area contributed by atoms with E-state index in [2.05, 4.69) is 33.1 Å². The van der Waals surface area contributed by atoms with Crippen molar-refractivity contribution < 1.29 is 9.84 Å². The molecule has 1 aliphatic heterocycles. The summed E-state index contributed by atoms with van der Waals surface area (Å²) in [5.41, 5.74) is 0.958. The van der Waals surface area contributed by atoms with Crippen LogP contribution in [-0.2, 0) is 0 Å². The summed E-state index contributed by atoms with van der Waals surface area (Å²) in [4.78, 5) is 2.45. The van der Waals surface area contributed by atoms with Crippen LogP contribution in [0.4, 0.5) is 0 Å². The molecular weight excluding hydrogens is 320 g/mol. The van der Waals surface area contributed by atoms with Crippen LogP contribution in [0.2, 0.25) is 0 Å². The number of phenols is 1. The molecule has 0 bridgehead atoms. The van der Waals surface area contributed by atoms with Crippen molar-refractivity contribution in [1.29, 1.82) is 0 Å². The van der Waals surface area contributed by atoms with Crippen LogP contribution in [0.3, 0.4) is 0 Å². The maximum Gasteiger partial charge on any atom is 0.162 e. The van der Waals surface area contributed by atoms with Crippen molar-refractivity contribution in [2.75, 3.05) is 33.3 Å². The Morgan fingerprint density at radius 2 is 2.10 bits per heavy atom. The van der Waals surface area contributed by atoms with Gasteiger partial charge in [0, 0.05) is 42.3 Å². The fourth-order valence-electron chi connectivity index (χ4n) is 2.81. The molecule has 2 rings (SSSR count). The third-order valence-corrected chi connectivity index (χ3v) is 4.26. The molecule has 2 N–H and O–H groups in total.